The summed E-state index contributed by atoms with van der Waals surface area (Å²) in [5.41, 5.74) is 0. The Morgan fingerprint density at radius 3 is 3.00 bits per heavy atom. The number of hydrogen-bond donors (Lipinski definition) is 1. The number of aromatic nitrogens is 2. The quantitative estimate of drug-likeness (QED) is 0.560. The third-order valence-corrected chi connectivity index (χ3v) is 0.742. The number of hydrogen-bond acceptors (Lipinski definition) is 3. The van der Waals surface area contributed by atoms with Crippen LogP contribution in [0.5, 0.6) is 0 Å². The van der Waals surface area contributed by atoms with Gasteiger partial charge in [0.1, 0.15) is 0 Å². The summed E-state index contributed by atoms with van der Waals surface area (Å²) in [6.45, 7) is 0. The standard InChI is InChI=1S/C5H4N3O/c9-4-8-5-3-6-1-2-7-5/h1-3H,(H,7,8,9). The number of rotatable bonds is 2. The van der Waals surface area contributed by atoms with Crippen LogP contribution in [0, 0.1) is 0 Å². The van der Waals surface area contributed by atoms with E-state index in [0.29, 0.717) is 5.82 Å². The number of nitrogens with zero attached hydrogens (tertiary/aromatic N) is 2. The molecule has 0 aliphatic rings. The molecule has 0 unspecified atom stereocenters. The highest BCUT2D eigenvalue weighted by Gasteiger charge is 1.85. The molecule has 1 aromatic rings. The molecule has 0 saturated carbocycles. The first-order valence-corrected chi connectivity index (χ1v) is 2.32. The van der Waals surface area contributed by atoms with Gasteiger partial charge in [-0.2, -0.15) is 0 Å². The summed E-state index contributed by atoms with van der Waals surface area (Å²) in [5.74, 6) is 0.410. The predicted molar refractivity (Wildman–Crippen MR) is 31.3 cm³/mol. The molecule has 1 rings (SSSR count). The minimum absolute atomic E-state index is 0.410. The summed E-state index contributed by atoms with van der Waals surface area (Å²) < 4.78 is 0. The van der Waals surface area contributed by atoms with Crippen molar-refractivity contribution >= 4 is 12.2 Å². The van der Waals surface area contributed by atoms with E-state index in [1.54, 1.807) is 0 Å². The molecule has 45 valence electrons. The molecular weight excluding hydrogens is 118 g/mol. The molecule has 0 spiro atoms. The van der Waals surface area contributed by atoms with Gasteiger partial charge in [-0.1, -0.05) is 0 Å². The first kappa shape index (κ1) is 5.68. The second kappa shape index (κ2) is 2.76. The minimum Gasteiger partial charge on any atom is -0.301 e. The van der Waals surface area contributed by atoms with E-state index in [4.69, 9.17) is 0 Å². The molecule has 4 heteroatoms. The maximum absolute atomic E-state index is 9.67. The monoisotopic (exact) mass is 122 g/mol. The fourth-order valence-corrected chi connectivity index (χ4v) is 0.416. The van der Waals surface area contributed by atoms with Crippen molar-refractivity contribution in [3.8, 4) is 0 Å². The fraction of sp³-hybridized carbons (Fsp3) is 0. The molecule has 9 heavy (non-hydrogen) atoms. The molecule has 1 aromatic heterocycles. The summed E-state index contributed by atoms with van der Waals surface area (Å²) in [7, 11) is 0. The highest BCUT2D eigenvalue weighted by molar-refractivity contribution is 5.68. The third kappa shape index (κ3) is 1.49. The van der Waals surface area contributed by atoms with Gasteiger partial charge in [-0.15, -0.1) is 0 Å². The van der Waals surface area contributed by atoms with E-state index in [9.17, 15) is 4.79 Å². The van der Waals surface area contributed by atoms with Gasteiger partial charge in [0.25, 0.3) is 0 Å². The molecule has 0 aliphatic carbocycles. The SMILES string of the molecule is O=[C]Nc1cnccn1. The fourth-order valence-electron chi connectivity index (χ4n) is 0.416. The second-order valence-electron chi connectivity index (χ2n) is 1.32. The van der Waals surface area contributed by atoms with E-state index in [0.717, 1.165) is 0 Å². The molecule has 1 heterocycles. The molecule has 0 bridgehead atoms. The molecule has 4 nitrogen and oxygen atoms in total. The van der Waals surface area contributed by atoms with Crippen LogP contribution in [-0.4, -0.2) is 16.4 Å². The van der Waals surface area contributed by atoms with E-state index in [-0.39, 0.29) is 0 Å². The number of nitrogens with one attached hydrogen (secondary N) is 1. The Balaban J connectivity index is 2.72. The normalized spacial score (nSPS) is 8.44. The van der Waals surface area contributed by atoms with Gasteiger partial charge in [-0.25, -0.2) is 4.98 Å². The van der Waals surface area contributed by atoms with Crippen molar-refractivity contribution in [2.24, 2.45) is 0 Å². The second-order valence-corrected chi connectivity index (χ2v) is 1.32. The minimum atomic E-state index is 0.410. The van der Waals surface area contributed by atoms with Crippen molar-refractivity contribution in [2.45, 2.75) is 0 Å². The summed E-state index contributed by atoms with van der Waals surface area (Å²) in [4.78, 5) is 17.1. The topological polar surface area (TPSA) is 54.9 Å². The zero-order valence-electron chi connectivity index (χ0n) is 4.53. The Morgan fingerprint density at radius 2 is 2.44 bits per heavy atom. The molecule has 0 atom stereocenters. The number of anilines is 1. The van der Waals surface area contributed by atoms with E-state index >= 15 is 0 Å². The largest absolute Gasteiger partial charge is 0.315 e. The lowest BCUT2D eigenvalue weighted by Gasteiger charge is -1.90. The van der Waals surface area contributed by atoms with Gasteiger partial charge in [-0.3, -0.25) is 9.78 Å². The predicted octanol–water partition coefficient (Wildman–Crippen LogP) is -0.0443. The lowest BCUT2D eigenvalue weighted by atomic mass is 10.7. The molecular formula is C5H4N3O. The smallest absolute Gasteiger partial charge is 0.301 e. The zero-order chi connectivity index (χ0) is 6.53. The first-order valence-electron chi connectivity index (χ1n) is 2.32. The Hall–Kier alpha value is -1.45. The van der Waals surface area contributed by atoms with Crippen LogP contribution in [0.25, 0.3) is 0 Å². The highest BCUT2D eigenvalue weighted by Crippen LogP contribution is 1.92. The Kier molecular flexibility index (Phi) is 1.74. The lowest BCUT2D eigenvalue weighted by molar-refractivity contribution is 0.561. The number of amides is 1. The molecule has 1 N–H and O–H groups in total. The average molecular weight is 122 g/mol. The van der Waals surface area contributed by atoms with E-state index in [2.05, 4.69) is 15.3 Å². The van der Waals surface area contributed by atoms with Gasteiger partial charge in [-0.05, 0) is 0 Å². The van der Waals surface area contributed by atoms with Gasteiger partial charge in [0.2, 0.25) is 0 Å². The van der Waals surface area contributed by atoms with Crippen molar-refractivity contribution in [1.82, 2.24) is 9.97 Å². The van der Waals surface area contributed by atoms with Crippen LogP contribution < -0.4 is 5.32 Å². The van der Waals surface area contributed by atoms with Crippen LogP contribution in [0.3, 0.4) is 0 Å². The zero-order valence-corrected chi connectivity index (χ0v) is 4.53. The van der Waals surface area contributed by atoms with Crippen LogP contribution in [0.2, 0.25) is 0 Å². The van der Waals surface area contributed by atoms with Gasteiger partial charge < -0.3 is 5.32 Å². The van der Waals surface area contributed by atoms with Crippen molar-refractivity contribution < 1.29 is 4.79 Å². The molecule has 1 amide bonds. The van der Waals surface area contributed by atoms with Gasteiger partial charge in [0.05, 0.1) is 6.20 Å². The summed E-state index contributed by atoms with van der Waals surface area (Å²) in [6, 6.07) is 0. The summed E-state index contributed by atoms with van der Waals surface area (Å²) in [5, 5.41) is 2.23. The Labute approximate surface area is 51.9 Å². The Morgan fingerprint density at radius 1 is 1.56 bits per heavy atom. The van der Waals surface area contributed by atoms with Crippen molar-refractivity contribution in [2.75, 3.05) is 5.32 Å². The van der Waals surface area contributed by atoms with E-state index < -0.39 is 0 Å². The molecule has 0 fully saturated rings. The number of carbonyl (C=O) groups excluding carboxylic acids is 1. The van der Waals surface area contributed by atoms with Gasteiger partial charge in [0, 0.05) is 12.4 Å². The van der Waals surface area contributed by atoms with Crippen molar-refractivity contribution in [3.63, 3.8) is 0 Å². The van der Waals surface area contributed by atoms with Gasteiger partial charge >= 0.3 is 6.41 Å². The third-order valence-electron chi connectivity index (χ3n) is 0.742. The highest BCUT2D eigenvalue weighted by atomic mass is 16.1. The van der Waals surface area contributed by atoms with E-state index in [1.165, 1.54) is 25.0 Å². The molecule has 0 saturated heterocycles. The molecule has 1 radical (unpaired) electrons. The maximum Gasteiger partial charge on any atom is 0.315 e. The van der Waals surface area contributed by atoms with Crippen molar-refractivity contribution in [3.05, 3.63) is 18.6 Å². The Bertz CT molecular complexity index is 187. The summed E-state index contributed by atoms with van der Waals surface area (Å²) in [6.07, 6.45) is 5.93. The van der Waals surface area contributed by atoms with E-state index in [1.807, 2.05) is 0 Å². The maximum atomic E-state index is 9.67. The lowest BCUT2D eigenvalue weighted by Crippen LogP contribution is -1.95. The first-order chi connectivity index (χ1) is 4.43. The van der Waals surface area contributed by atoms with Crippen LogP contribution in [0.15, 0.2) is 18.6 Å². The summed E-state index contributed by atoms with van der Waals surface area (Å²) >= 11 is 0. The van der Waals surface area contributed by atoms with Crippen LogP contribution in [-0.2, 0) is 4.79 Å². The van der Waals surface area contributed by atoms with Crippen LogP contribution >= 0.6 is 0 Å². The van der Waals surface area contributed by atoms with Crippen LogP contribution in [0.4, 0.5) is 5.82 Å². The molecule has 0 aromatic carbocycles. The average Bonchev–Trinajstić information content (AvgIpc) is 1.91. The van der Waals surface area contributed by atoms with Crippen LogP contribution in [0.1, 0.15) is 0 Å². The van der Waals surface area contributed by atoms with Crippen molar-refractivity contribution in [1.29, 1.82) is 0 Å². The molecule has 0 aliphatic heterocycles. The van der Waals surface area contributed by atoms with Gasteiger partial charge in [0.15, 0.2) is 5.82 Å².